The number of likely N-dealkylation sites (tertiary alicyclic amines) is 1. The SMILES string of the molecule is O=C1CCCN1CC(Nc1nccn2cnnc12)c1ccccc1. The minimum atomic E-state index is -0.0522. The molecule has 7 heteroatoms. The van der Waals surface area contributed by atoms with Crippen LogP contribution in [0.5, 0.6) is 0 Å². The van der Waals surface area contributed by atoms with Gasteiger partial charge in [0.05, 0.1) is 6.04 Å². The van der Waals surface area contributed by atoms with Crippen molar-refractivity contribution in [2.45, 2.75) is 18.9 Å². The molecule has 122 valence electrons. The molecule has 3 aromatic rings. The molecule has 0 aliphatic carbocycles. The highest BCUT2D eigenvalue weighted by Gasteiger charge is 2.25. The third kappa shape index (κ3) is 2.80. The molecular formula is C17H18N6O. The lowest BCUT2D eigenvalue weighted by Crippen LogP contribution is -2.32. The Kier molecular flexibility index (Phi) is 3.82. The largest absolute Gasteiger partial charge is 0.358 e. The Hall–Kier alpha value is -2.96. The van der Waals surface area contributed by atoms with Gasteiger partial charge >= 0.3 is 0 Å². The van der Waals surface area contributed by atoms with Gasteiger partial charge in [-0.25, -0.2) is 4.98 Å². The highest BCUT2D eigenvalue weighted by atomic mass is 16.2. The molecule has 0 saturated carbocycles. The van der Waals surface area contributed by atoms with E-state index < -0.39 is 0 Å². The zero-order valence-corrected chi connectivity index (χ0v) is 13.2. The zero-order valence-electron chi connectivity index (χ0n) is 13.2. The van der Waals surface area contributed by atoms with Crippen molar-refractivity contribution >= 4 is 17.4 Å². The summed E-state index contributed by atoms with van der Waals surface area (Å²) in [6.07, 6.45) is 6.73. The minimum absolute atomic E-state index is 0.0522. The lowest BCUT2D eigenvalue weighted by Gasteiger charge is -2.25. The smallest absolute Gasteiger partial charge is 0.222 e. The third-order valence-electron chi connectivity index (χ3n) is 4.30. The Labute approximate surface area is 139 Å². The van der Waals surface area contributed by atoms with Crippen LogP contribution in [0.25, 0.3) is 5.65 Å². The molecule has 24 heavy (non-hydrogen) atoms. The van der Waals surface area contributed by atoms with Crippen LogP contribution in [0.2, 0.25) is 0 Å². The molecule has 0 radical (unpaired) electrons. The van der Waals surface area contributed by atoms with Crippen molar-refractivity contribution in [3.8, 4) is 0 Å². The highest BCUT2D eigenvalue weighted by Crippen LogP contribution is 2.23. The maximum absolute atomic E-state index is 12.0. The summed E-state index contributed by atoms with van der Waals surface area (Å²) in [6, 6.07) is 10.1. The first-order valence-electron chi connectivity index (χ1n) is 8.05. The van der Waals surface area contributed by atoms with Crippen LogP contribution in [0.15, 0.2) is 49.1 Å². The fourth-order valence-electron chi connectivity index (χ4n) is 3.06. The molecular weight excluding hydrogens is 304 g/mol. The van der Waals surface area contributed by atoms with E-state index >= 15 is 0 Å². The van der Waals surface area contributed by atoms with Crippen LogP contribution in [-0.4, -0.2) is 43.5 Å². The number of benzene rings is 1. The van der Waals surface area contributed by atoms with Crippen LogP contribution in [0, 0.1) is 0 Å². The molecule has 1 aromatic carbocycles. The van der Waals surface area contributed by atoms with E-state index in [0.29, 0.717) is 24.4 Å². The topological polar surface area (TPSA) is 75.4 Å². The van der Waals surface area contributed by atoms with Gasteiger partial charge in [0.25, 0.3) is 0 Å². The fraction of sp³-hybridized carbons (Fsp3) is 0.294. The maximum Gasteiger partial charge on any atom is 0.222 e. The van der Waals surface area contributed by atoms with Gasteiger partial charge < -0.3 is 10.2 Å². The second-order valence-electron chi connectivity index (χ2n) is 5.89. The van der Waals surface area contributed by atoms with Gasteiger partial charge in [-0.15, -0.1) is 10.2 Å². The molecule has 1 saturated heterocycles. The van der Waals surface area contributed by atoms with Crippen molar-refractivity contribution in [3.05, 3.63) is 54.6 Å². The van der Waals surface area contributed by atoms with Gasteiger partial charge in [0, 0.05) is 31.9 Å². The van der Waals surface area contributed by atoms with E-state index in [4.69, 9.17) is 0 Å². The fourth-order valence-corrected chi connectivity index (χ4v) is 3.06. The number of fused-ring (bicyclic) bond motifs is 1. The average Bonchev–Trinajstić information content (AvgIpc) is 3.25. The van der Waals surface area contributed by atoms with Crippen LogP contribution >= 0.6 is 0 Å². The van der Waals surface area contributed by atoms with Crippen molar-refractivity contribution < 1.29 is 4.79 Å². The summed E-state index contributed by atoms with van der Waals surface area (Å²) in [5.74, 6) is 0.877. The molecule has 4 rings (SSSR count). The molecule has 0 bridgehead atoms. The van der Waals surface area contributed by atoms with E-state index in [1.165, 1.54) is 0 Å². The van der Waals surface area contributed by atoms with E-state index in [2.05, 4.69) is 32.6 Å². The lowest BCUT2D eigenvalue weighted by atomic mass is 10.1. The molecule has 1 unspecified atom stereocenters. The van der Waals surface area contributed by atoms with Gasteiger partial charge in [-0.1, -0.05) is 30.3 Å². The Balaban J connectivity index is 1.65. The van der Waals surface area contributed by atoms with Crippen molar-refractivity contribution in [2.75, 3.05) is 18.4 Å². The Morgan fingerprint density at radius 3 is 2.92 bits per heavy atom. The van der Waals surface area contributed by atoms with E-state index in [1.54, 1.807) is 12.5 Å². The standard InChI is InChI=1S/C17H18N6O/c24-15-7-4-9-22(15)11-14(13-5-2-1-3-6-13)20-16-17-21-19-12-23(17)10-8-18-16/h1-3,5-6,8,10,12,14H,4,7,9,11H2,(H,18,20). The van der Waals surface area contributed by atoms with Crippen LogP contribution in [0.1, 0.15) is 24.4 Å². The number of aromatic nitrogens is 4. The number of nitrogens with zero attached hydrogens (tertiary/aromatic N) is 5. The van der Waals surface area contributed by atoms with Crippen molar-refractivity contribution in [1.82, 2.24) is 24.5 Å². The number of amides is 1. The molecule has 1 amide bonds. The number of carbonyl (C=O) groups excluding carboxylic acids is 1. The van der Waals surface area contributed by atoms with Gasteiger partial charge in [-0.2, -0.15) is 0 Å². The Bertz CT molecular complexity index is 846. The van der Waals surface area contributed by atoms with Gasteiger partial charge in [0.1, 0.15) is 6.33 Å². The first-order chi connectivity index (χ1) is 11.8. The molecule has 1 fully saturated rings. The van der Waals surface area contributed by atoms with Crippen molar-refractivity contribution in [3.63, 3.8) is 0 Å². The second-order valence-corrected chi connectivity index (χ2v) is 5.89. The molecule has 2 aromatic heterocycles. The number of hydrogen-bond donors (Lipinski definition) is 1. The number of carbonyl (C=O) groups is 1. The van der Waals surface area contributed by atoms with Gasteiger partial charge in [-0.05, 0) is 12.0 Å². The predicted molar refractivity (Wildman–Crippen MR) is 89.4 cm³/mol. The third-order valence-corrected chi connectivity index (χ3v) is 4.30. The summed E-state index contributed by atoms with van der Waals surface area (Å²) in [5.41, 5.74) is 1.78. The monoisotopic (exact) mass is 322 g/mol. The number of rotatable bonds is 5. The summed E-state index contributed by atoms with van der Waals surface area (Å²) >= 11 is 0. The first-order valence-corrected chi connectivity index (χ1v) is 8.05. The number of nitrogens with one attached hydrogen (secondary N) is 1. The number of anilines is 1. The van der Waals surface area contributed by atoms with E-state index in [0.717, 1.165) is 18.5 Å². The summed E-state index contributed by atoms with van der Waals surface area (Å²) < 4.78 is 1.82. The summed E-state index contributed by atoms with van der Waals surface area (Å²) in [4.78, 5) is 18.3. The van der Waals surface area contributed by atoms with Gasteiger partial charge in [0.2, 0.25) is 11.6 Å². The first kappa shape index (κ1) is 14.6. The second kappa shape index (κ2) is 6.27. The summed E-state index contributed by atoms with van der Waals surface area (Å²) in [5, 5.41) is 11.5. The van der Waals surface area contributed by atoms with Gasteiger partial charge in [-0.3, -0.25) is 9.20 Å². The molecule has 1 atom stereocenters. The molecule has 3 heterocycles. The van der Waals surface area contributed by atoms with Crippen molar-refractivity contribution in [1.29, 1.82) is 0 Å². The zero-order chi connectivity index (χ0) is 16.4. The maximum atomic E-state index is 12.0. The predicted octanol–water partition coefficient (Wildman–Crippen LogP) is 1.90. The van der Waals surface area contributed by atoms with Crippen LogP contribution in [-0.2, 0) is 4.79 Å². The highest BCUT2D eigenvalue weighted by molar-refractivity contribution is 5.78. The van der Waals surface area contributed by atoms with E-state index in [-0.39, 0.29) is 11.9 Å². The molecule has 0 spiro atoms. The van der Waals surface area contributed by atoms with Crippen LogP contribution in [0.4, 0.5) is 5.82 Å². The van der Waals surface area contributed by atoms with E-state index in [1.807, 2.05) is 33.7 Å². The Morgan fingerprint density at radius 1 is 1.25 bits per heavy atom. The molecule has 1 aliphatic rings. The molecule has 7 nitrogen and oxygen atoms in total. The number of hydrogen-bond acceptors (Lipinski definition) is 5. The summed E-state index contributed by atoms with van der Waals surface area (Å²) in [7, 11) is 0. The minimum Gasteiger partial charge on any atom is -0.358 e. The summed E-state index contributed by atoms with van der Waals surface area (Å²) in [6.45, 7) is 1.42. The van der Waals surface area contributed by atoms with Crippen LogP contribution in [0.3, 0.4) is 0 Å². The van der Waals surface area contributed by atoms with Crippen LogP contribution < -0.4 is 5.32 Å². The lowest BCUT2D eigenvalue weighted by molar-refractivity contribution is -0.127. The van der Waals surface area contributed by atoms with E-state index in [9.17, 15) is 4.79 Å². The molecule has 1 aliphatic heterocycles. The quantitative estimate of drug-likeness (QED) is 0.776. The average molecular weight is 322 g/mol. The Morgan fingerprint density at radius 2 is 2.12 bits per heavy atom. The van der Waals surface area contributed by atoms with Crippen molar-refractivity contribution in [2.24, 2.45) is 0 Å². The normalized spacial score (nSPS) is 15.8. The molecule has 1 N–H and O–H groups in total. The van der Waals surface area contributed by atoms with Gasteiger partial charge in [0.15, 0.2) is 5.82 Å².